The molecule has 0 aliphatic carbocycles. The summed E-state index contributed by atoms with van der Waals surface area (Å²) in [5, 5.41) is -0.0366. The summed E-state index contributed by atoms with van der Waals surface area (Å²) in [6.45, 7) is 7.01. The maximum atomic E-state index is 5.70. The number of halogens is 3. The molecule has 2 aromatic carbocycles. The zero-order chi connectivity index (χ0) is 15.2. The van der Waals surface area contributed by atoms with Crippen LogP contribution in [-0.4, -0.2) is 20.0 Å². The van der Waals surface area contributed by atoms with Crippen LogP contribution in [0.4, 0.5) is 0 Å². The molecule has 2 aromatic rings. The van der Waals surface area contributed by atoms with Crippen LogP contribution in [0.5, 0.6) is 0 Å². The third-order valence-electron chi connectivity index (χ3n) is 2.58. The molecule has 0 saturated carbocycles. The monoisotopic (exact) mass is 366 g/mol. The quantitative estimate of drug-likeness (QED) is 0.570. The fourth-order valence-electron chi connectivity index (χ4n) is 1.47. The van der Waals surface area contributed by atoms with E-state index in [1.807, 2.05) is 30.3 Å². The van der Waals surface area contributed by atoms with Gasteiger partial charge in [0.1, 0.15) is 39.0 Å². The highest BCUT2D eigenvalue weighted by atomic mass is 36.1. The number of hydrogen-bond donors (Lipinski definition) is 0. The molecule has 0 aromatic heterocycles. The van der Waals surface area contributed by atoms with Gasteiger partial charge in [-0.2, -0.15) is 0 Å². The van der Waals surface area contributed by atoms with Crippen LogP contribution in [0.25, 0.3) is 0 Å². The zero-order valence-electron chi connectivity index (χ0n) is 11.8. The molecule has 0 radical (unpaired) electrons. The van der Waals surface area contributed by atoms with Crippen LogP contribution in [0.15, 0.2) is 60.7 Å². The third kappa shape index (κ3) is 6.75. The first-order valence-corrected chi connectivity index (χ1v) is 13.8. The second kappa shape index (κ2) is 7.98. The summed E-state index contributed by atoms with van der Waals surface area (Å²) in [6.07, 6.45) is 0. The van der Waals surface area contributed by atoms with Gasteiger partial charge in [0, 0.05) is 7.26 Å². The van der Waals surface area contributed by atoms with E-state index in [-0.39, 0.29) is 0 Å². The average molecular weight is 368 g/mol. The van der Waals surface area contributed by atoms with Crippen LogP contribution in [-0.2, 0) is 0 Å². The molecule has 0 atom stereocenters. The van der Waals surface area contributed by atoms with Gasteiger partial charge >= 0.3 is 5.32 Å². The Kier molecular flexibility index (Phi) is 7.27. The van der Waals surface area contributed by atoms with Crippen molar-refractivity contribution in [2.45, 2.75) is 0 Å². The first-order chi connectivity index (χ1) is 9.21. The van der Waals surface area contributed by atoms with Crippen molar-refractivity contribution in [3.8, 4) is 0 Å². The molecule has 0 bridgehead atoms. The zero-order valence-corrected chi connectivity index (χ0v) is 15.9. The van der Waals surface area contributed by atoms with E-state index in [0.717, 1.165) is 5.30 Å². The van der Waals surface area contributed by atoms with Crippen molar-refractivity contribution in [3.63, 3.8) is 0 Å². The van der Waals surface area contributed by atoms with Crippen LogP contribution >= 0.6 is 46.3 Å². The third-order valence-corrected chi connectivity index (χ3v) is 7.07. The summed E-state index contributed by atoms with van der Waals surface area (Å²) in [5.74, 6) is 0. The summed E-state index contributed by atoms with van der Waals surface area (Å²) in [7, 11) is -0.768. The molecular formula is C15H19Cl3P2+2. The minimum atomic E-state index is -2.35. The molecule has 0 aliphatic rings. The number of hydrogen-bond acceptors (Lipinski definition) is 0. The Morgan fingerprint density at radius 3 is 1.15 bits per heavy atom. The molecule has 0 N–H and O–H groups in total. The number of benzene rings is 2. The van der Waals surface area contributed by atoms with Gasteiger partial charge in [0.15, 0.2) is 0 Å². The average Bonchev–Trinajstić information content (AvgIpc) is 2.40. The maximum absolute atomic E-state index is 5.70. The highest BCUT2D eigenvalue weighted by molar-refractivity contribution is 8.36. The topological polar surface area (TPSA) is 0 Å². The first-order valence-electron chi connectivity index (χ1n) is 6.12. The second-order valence-electron chi connectivity index (χ2n) is 5.13. The number of rotatable bonds is 2. The van der Waals surface area contributed by atoms with Gasteiger partial charge in [0.2, 0.25) is 0 Å². The van der Waals surface area contributed by atoms with Gasteiger partial charge in [-0.05, 0) is 24.3 Å². The van der Waals surface area contributed by atoms with E-state index >= 15 is 0 Å². The lowest BCUT2D eigenvalue weighted by molar-refractivity contribution is 1.75. The van der Waals surface area contributed by atoms with E-state index in [9.17, 15) is 0 Å². The van der Waals surface area contributed by atoms with Gasteiger partial charge in [-0.3, -0.25) is 0 Å². The summed E-state index contributed by atoms with van der Waals surface area (Å²) < 4.78 is 0. The van der Waals surface area contributed by atoms with E-state index in [1.165, 1.54) is 5.30 Å². The van der Waals surface area contributed by atoms with Crippen LogP contribution in [0.1, 0.15) is 0 Å². The molecule has 2 rings (SSSR count). The van der Waals surface area contributed by atoms with Gasteiger partial charge in [0.05, 0.1) is 25.3 Å². The Morgan fingerprint density at radius 2 is 0.950 bits per heavy atom. The Labute approximate surface area is 137 Å². The lowest BCUT2D eigenvalue weighted by Gasteiger charge is -2.10. The molecule has 0 saturated heterocycles. The van der Waals surface area contributed by atoms with Crippen molar-refractivity contribution in [2.24, 2.45) is 0 Å². The minimum Gasteiger partial charge on any atom is -0.0620 e. The maximum Gasteiger partial charge on any atom is 0.339 e. The first kappa shape index (κ1) is 18.2. The predicted octanol–water partition coefficient (Wildman–Crippen LogP) is 6.01. The molecule has 20 heavy (non-hydrogen) atoms. The Hall–Kier alpha value is 0.170. The van der Waals surface area contributed by atoms with Crippen molar-refractivity contribution >= 4 is 56.9 Å². The largest absolute Gasteiger partial charge is 0.339 e. The smallest absolute Gasteiger partial charge is 0.0620 e. The predicted molar refractivity (Wildman–Crippen MR) is 101 cm³/mol. The van der Waals surface area contributed by atoms with Crippen molar-refractivity contribution < 1.29 is 0 Å². The molecule has 0 spiro atoms. The van der Waals surface area contributed by atoms with Gasteiger partial charge in [-0.25, -0.2) is 0 Å². The molecule has 0 amide bonds. The lowest BCUT2D eigenvalue weighted by atomic mass is 10.4. The fourth-order valence-corrected chi connectivity index (χ4v) is 4.06. The van der Waals surface area contributed by atoms with Crippen LogP contribution in [0.2, 0.25) is 0 Å². The molecule has 5 heteroatoms. The minimum absolute atomic E-state index is 0.768. The van der Waals surface area contributed by atoms with Crippen molar-refractivity contribution in [1.82, 2.24) is 0 Å². The summed E-state index contributed by atoms with van der Waals surface area (Å²) in [4.78, 5) is 0. The summed E-state index contributed by atoms with van der Waals surface area (Å²) in [6, 6.07) is 20.0. The van der Waals surface area contributed by atoms with Crippen molar-refractivity contribution in [3.05, 3.63) is 60.7 Å². The van der Waals surface area contributed by atoms with E-state index in [0.29, 0.717) is 0 Å². The lowest BCUT2D eigenvalue weighted by Crippen LogP contribution is -2.05. The standard InChI is InChI=1S/C9H14P.C6H5Cl3P/c1-10(2,3)9-7-5-4-6-8-9;7-10(8,9)6-4-2-1-3-5-6/h4-8H,1-3H3;1-5H/q2*+1. The van der Waals surface area contributed by atoms with Gasteiger partial charge < -0.3 is 0 Å². The SMILES string of the molecule is C[P+](C)(C)c1ccccc1.Cl[P+](Cl)(Cl)c1ccccc1. The Bertz CT molecular complexity index is 453. The normalized spacial score (nSPS) is 11.5. The van der Waals surface area contributed by atoms with Gasteiger partial charge in [0.25, 0.3) is 0 Å². The fraction of sp³-hybridized carbons (Fsp3) is 0.200. The van der Waals surface area contributed by atoms with Crippen LogP contribution in [0.3, 0.4) is 0 Å². The van der Waals surface area contributed by atoms with E-state index in [2.05, 4.69) is 50.3 Å². The van der Waals surface area contributed by atoms with E-state index in [1.54, 1.807) is 0 Å². The molecular weight excluding hydrogens is 348 g/mol. The molecule has 0 aliphatic heterocycles. The second-order valence-corrected chi connectivity index (χ2v) is 17.2. The molecule has 0 fully saturated rings. The van der Waals surface area contributed by atoms with Gasteiger partial charge in [-0.1, -0.05) is 36.4 Å². The Morgan fingerprint density at radius 1 is 0.600 bits per heavy atom. The van der Waals surface area contributed by atoms with Crippen molar-refractivity contribution in [2.75, 3.05) is 20.0 Å². The highest BCUT2D eigenvalue weighted by Gasteiger charge is 2.35. The van der Waals surface area contributed by atoms with E-state index < -0.39 is 12.6 Å². The molecule has 0 heterocycles. The van der Waals surface area contributed by atoms with Crippen molar-refractivity contribution in [1.29, 1.82) is 0 Å². The van der Waals surface area contributed by atoms with Gasteiger partial charge in [-0.15, -0.1) is 0 Å². The highest BCUT2D eigenvalue weighted by Crippen LogP contribution is 2.72. The van der Waals surface area contributed by atoms with Crippen LogP contribution < -0.4 is 10.6 Å². The van der Waals surface area contributed by atoms with E-state index in [4.69, 9.17) is 33.7 Å². The molecule has 108 valence electrons. The molecule has 0 unspecified atom stereocenters. The summed E-state index contributed by atoms with van der Waals surface area (Å²) >= 11 is 17.1. The molecule has 0 nitrogen and oxygen atoms in total. The Balaban J connectivity index is 0.000000200. The van der Waals surface area contributed by atoms with Crippen LogP contribution in [0, 0.1) is 0 Å². The summed E-state index contributed by atoms with van der Waals surface area (Å²) in [5.41, 5.74) is 0.